The molecule has 0 aromatic carbocycles. The van der Waals surface area contributed by atoms with Crippen LogP contribution in [0, 0.1) is 0 Å². The van der Waals surface area contributed by atoms with Crippen LogP contribution < -0.4 is 10.9 Å². The molecule has 0 fully saturated rings. The molecular formula is C11H13N3O. The summed E-state index contributed by atoms with van der Waals surface area (Å²) in [5.41, 5.74) is 1.80. The molecule has 0 saturated carbocycles. The molecule has 2 aromatic heterocycles. The van der Waals surface area contributed by atoms with Crippen molar-refractivity contribution in [2.75, 3.05) is 12.4 Å². The Morgan fingerprint density at radius 1 is 1.47 bits per heavy atom. The third kappa shape index (κ3) is 1.70. The molecule has 4 nitrogen and oxygen atoms in total. The molecule has 0 aliphatic rings. The maximum atomic E-state index is 11.4. The van der Waals surface area contributed by atoms with Crippen molar-refractivity contribution in [1.82, 2.24) is 9.97 Å². The summed E-state index contributed by atoms with van der Waals surface area (Å²) in [7, 11) is 1.80. The summed E-state index contributed by atoms with van der Waals surface area (Å²) in [5.74, 6) is 0.756. The molecule has 0 bridgehead atoms. The van der Waals surface area contributed by atoms with Crippen molar-refractivity contribution >= 4 is 16.7 Å². The van der Waals surface area contributed by atoms with Crippen LogP contribution in [0.2, 0.25) is 0 Å². The van der Waals surface area contributed by atoms with Gasteiger partial charge in [0.1, 0.15) is 5.82 Å². The molecule has 0 aliphatic carbocycles. The minimum Gasteiger partial charge on any atom is -0.373 e. The SMILES string of the molecule is CCc1cc(=O)[nH]c2cc(NC)ncc12. The third-order valence-electron chi connectivity index (χ3n) is 2.45. The van der Waals surface area contributed by atoms with Gasteiger partial charge in [0.05, 0.1) is 5.52 Å². The molecule has 2 N–H and O–H groups in total. The lowest BCUT2D eigenvalue weighted by Crippen LogP contribution is -2.07. The highest BCUT2D eigenvalue weighted by Gasteiger charge is 2.02. The maximum absolute atomic E-state index is 11.4. The summed E-state index contributed by atoms with van der Waals surface area (Å²) in [6, 6.07) is 3.47. The van der Waals surface area contributed by atoms with Gasteiger partial charge in [0.25, 0.3) is 0 Å². The maximum Gasteiger partial charge on any atom is 0.248 e. The lowest BCUT2D eigenvalue weighted by atomic mass is 10.1. The predicted octanol–water partition coefficient (Wildman–Crippen LogP) is 1.53. The summed E-state index contributed by atoms with van der Waals surface area (Å²) < 4.78 is 0. The first-order valence-electron chi connectivity index (χ1n) is 4.94. The second kappa shape index (κ2) is 3.73. The highest BCUT2D eigenvalue weighted by molar-refractivity contribution is 5.83. The Morgan fingerprint density at radius 2 is 2.27 bits per heavy atom. The van der Waals surface area contributed by atoms with Crippen LogP contribution >= 0.6 is 0 Å². The van der Waals surface area contributed by atoms with Gasteiger partial charge in [-0.15, -0.1) is 0 Å². The van der Waals surface area contributed by atoms with E-state index in [2.05, 4.69) is 15.3 Å². The number of anilines is 1. The van der Waals surface area contributed by atoms with Crippen molar-refractivity contribution in [2.24, 2.45) is 0 Å². The zero-order valence-electron chi connectivity index (χ0n) is 8.79. The minimum absolute atomic E-state index is 0.0624. The number of nitrogens with one attached hydrogen (secondary N) is 2. The van der Waals surface area contributed by atoms with Crippen LogP contribution in [0.25, 0.3) is 10.9 Å². The molecule has 0 amide bonds. The van der Waals surface area contributed by atoms with Crippen LogP contribution in [-0.4, -0.2) is 17.0 Å². The smallest absolute Gasteiger partial charge is 0.248 e. The molecule has 15 heavy (non-hydrogen) atoms. The van der Waals surface area contributed by atoms with Gasteiger partial charge < -0.3 is 10.3 Å². The van der Waals surface area contributed by atoms with E-state index in [1.54, 1.807) is 19.3 Å². The normalized spacial score (nSPS) is 10.5. The Bertz CT molecular complexity index is 545. The zero-order chi connectivity index (χ0) is 10.8. The molecule has 0 atom stereocenters. The summed E-state index contributed by atoms with van der Waals surface area (Å²) in [5, 5.41) is 3.95. The second-order valence-electron chi connectivity index (χ2n) is 3.38. The van der Waals surface area contributed by atoms with Crippen LogP contribution in [0.5, 0.6) is 0 Å². The van der Waals surface area contributed by atoms with Gasteiger partial charge in [-0.05, 0) is 12.0 Å². The quantitative estimate of drug-likeness (QED) is 0.778. The van der Waals surface area contributed by atoms with E-state index in [0.29, 0.717) is 0 Å². The molecule has 0 aliphatic heterocycles. The Kier molecular flexibility index (Phi) is 2.41. The van der Waals surface area contributed by atoms with E-state index in [9.17, 15) is 4.79 Å². The molecule has 0 spiro atoms. The molecule has 2 heterocycles. The van der Waals surface area contributed by atoms with Crippen molar-refractivity contribution in [3.8, 4) is 0 Å². The monoisotopic (exact) mass is 203 g/mol. The molecule has 0 radical (unpaired) electrons. The van der Waals surface area contributed by atoms with E-state index in [1.165, 1.54) is 0 Å². The van der Waals surface area contributed by atoms with Gasteiger partial charge in [0.2, 0.25) is 5.56 Å². The fourth-order valence-electron chi connectivity index (χ4n) is 1.65. The standard InChI is InChI=1S/C11H13N3O/c1-3-7-4-11(15)14-9-5-10(12-2)13-6-8(7)9/h4-6H,3H2,1-2H3,(H,12,13)(H,14,15). The summed E-state index contributed by atoms with van der Waals surface area (Å²) in [4.78, 5) is 18.4. The molecule has 2 aromatic rings. The Labute approximate surface area is 87.4 Å². The fourth-order valence-corrected chi connectivity index (χ4v) is 1.65. The van der Waals surface area contributed by atoms with Crippen LogP contribution in [0.1, 0.15) is 12.5 Å². The highest BCUT2D eigenvalue weighted by Crippen LogP contribution is 2.16. The van der Waals surface area contributed by atoms with Crippen LogP contribution in [-0.2, 0) is 6.42 Å². The number of pyridine rings is 2. The number of rotatable bonds is 2. The van der Waals surface area contributed by atoms with E-state index in [-0.39, 0.29) is 5.56 Å². The zero-order valence-corrected chi connectivity index (χ0v) is 8.79. The number of hydrogen-bond donors (Lipinski definition) is 2. The predicted molar refractivity (Wildman–Crippen MR) is 61.3 cm³/mol. The number of aromatic nitrogens is 2. The molecule has 0 saturated heterocycles. The molecule has 78 valence electrons. The van der Waals surface area contributed by atoms with E-state index < -0.39 is 0 Å². The minimum atomic E-state index is -0.0624. The lowest BCUT2D eigenvalue weighted by molar-refractivity contribution is 1.12. The summed E-state index contributed by atoms with van der Waals surface area (Å²) in [6.45, 7) is 2.03. The number of hydrogen-bond acceptors (Lipinski definition) is 3. The average Bonchev–Trinajstić information content (AvgIpc) is 2.26. The van der Waals surface area contributed by atoms with Crippen LogP contribution in [0.15, 0.2) is 23.1 Å². The van der Waals surface area contributed by atoms with E-state index >= 15 is 0 Å². The van der Waals surface area contributed by atoms with E-state index in [1.807, 2.05) is 13.0 Å². The molecule has 4 heteroatoms. The third-order valence-corrected chi connectivity index (χ3v) is 2.45. The van der Waals surface area contributed by atoms with Crippen molar-refractivity contribution in [2.45, 2.75) is 13.3 Å². The van der Waals surface area contributed by atoms with Gasteiger partial charge in [-0.25, -0.2) is 4.98 Å². The number of H-pyrrole nitrogens is 1. The Hall–Kier alpha value is -1.84. The Balaban J connectivity index is 2.78. The van der Waals surface area contributed by atoms with E-state index in [4.69, 9.17) is 0 Å². The van der Waals surface area contributed by atoms with Gasteiger partial charge in [-0.2, -0.15) is 0 Å². The molecular weight excluding hydrogens is 190 g/mol. The second-order valence-corrected chi connectivity index (χ2v) is 3.38. The summed E-state index contributed by atoms with van der Waals surface area (Å²) in [6.07, 6.45) is 2.62. The number of aryl methyl sites for hydroxylation is 1. The van der Waals surface area contributed by atoms with E-state index in [0.717, 1.165) is 28.7 Å². The van der Waals surface area contributed by atoms with Gasteiger partial charge in [-0.1, -0.05) is 6.92 Å². The molecule has 0 unspecified atom stereocenters. The summed E-state index contributed by atoms with van der Waals surface area (Å²) >= 11 is 0. The van der Waals surface area contributed by atoms with Crippen molar-refractivity contribution in [1.29, 1.82) is 0 Å². The first-order chi connectivity index (χ1) is 7.24. The Morgan fingerprint density at radius 3 is 2.93 bits per heavy atom. The van der Waals surface area contributed by atoms with Gasteiger partial charge >= 0.3 is 0 Å². The van der Waals surface area contributed by atoms with Crippen molar-refractivity contribution < 1.29 is 0 Å². The fraction of sp³-hybridized carbons (Fsp3) is 0.273. The average molecular weight is 203 g/mol. The largest absolute Gasteiger partial charge is 0.373 e. The first-order valence-corrected chi connectivity index (χ1v) is 4.94. The number of nitrogens with zero attached hydrogens (tertiary/aromatic N) is 1. The first kappa shape index (κ1) is 9.71. The van der Waals surface area contributed by atoms with Crippen LogP contribution in [0.4, 0.5) is 5.82 Å². The van der Waals surface area contributed by atoms with Gasteiger partial charge in [0.15, 0.2) is 0 Å². The van der Waals surface area contributed by atoms with Crippen LogP contribution in [0.3, 0.4) is 0 Å². The lowest BCUT2D eigenvalue weighted by Gasteiger charge is -2.05. The van der Waals surface area contributed by atoms with Crippen molar-refractivity contribution in [3.05, 3.63) is 34.2 Å². The highest BCUT2D eigenvalue weighted by atomic mass is 16.1. The van der Waals surface area contributed by atoms with Gasteiger partial charge in [0, 0.05) is 30.8 Å². The topological polar surface area (TPSA) is 57.8 Å². The number of aromatic amines is 1. The number of fused-ring (bicyclic) bond motifs is 1. The van der Waals surface area contributed by atoms with Gasteiger partial charge in [-0.3, -0.25) is 4.79 Å². The van der Waals surface area contributed by atoms with Crippen molar-refractivity contribution in [3.63, 3.8) is 0 Å². The molecule has 2 rings (SSSR count).